The highest BCUT2D eigenvalue weighted by Crippen LogP contribution is 2.32. The van der Waals surface area contributed by atoms with E-state index in [1.165, 1.54) is 7.11 Å². The van der Waals surface area contributed by atoms with Crippen molar-refractivity contribution in [3.05, 3.63) is 65.2 Å². The van der Waals surface area contributed by atoms with E-state index in [-0.39, 0.29) is 11.9 Å². The Kier molecular flexibility index (Phi) is 4.51. The number of hydrogen-bond acceptors (Lipinski definition) is 4. The number of carbonyl (C=O) groups excluding carboxylic acids is 2. The number of ether oxygens (including phenoxy) is 2. The average Bonchev–Trinajstić information content (AvgIpc) is 2.81. The van der Waals surface area contributed by atoms with Crippen molar-refractivity contribution in [1.29, 1.82) is 0 Å². The number of hydrogen-bond donors (Lipinski definition) is 0. The van der Waals surface area contributed by atoms with Crippen LogP contribution in [0.3, 0.4) is 0 Å². The fraction of sp³-hybridized carbons (Fsp3) is 0.263. The molecule has 0 N–H and O–H groups in total. The van der Waals surface area contributed by atoms with E-state index >= 15 is 0 Å². The maximum Gasteiger partial charge on any atom is 0.337 e. The maximum absolute atomic E-state index is 12.2. The van der Waals surface area contributed by atoms with Crippen molar-refractivity contribution in [2.45, 2.75) is 19.5 Å². The van der Waals surface area contributed by atoms with Gasteiger partial charge in [0.25, 0.3) is 0 Å². The highest BCUT2D eigenvalue weighted by atomic mass is 16.5. The predicted molar refractivity (Wildman–Crippen MR) is 88.7 cm³/mol. The quantitative estimate of drug-likeness (QED) is 0.797. The molecule has 0 aromatic heterocycles. The summed E-state index contributed by atoms with van der Waals surface area (Å²) in [6.07, 6.45) is 0. The van der Waals surface area contributed by atoms with Gasteiger partial charge in [0.2, 0.25) is 5.91 Å². The van der Waals surface area contributed by atoms with E-state index < -0.39 is 5.97 Å². The molecular formula is C19H19NO4. The van der Waals surface area contributed by atoms with Gasteiger partial charge >= 0.3 is 5.97 Å². The molecule has 0 radical (unpaired) electrons. The van der Waals surface area contributed by atoms with Crippen LogP contribution in [-0.2, 0) is 16.1 Å². The highest BCUT2D eigenvalue weighted by molar-refractivity contribution is 5.90. The third-order valence-corrected chi connectivity index (χ3v) is 4.19. The zero-order valence-electron chi connectivity index (χ0n) is 13.7. The van der Waals surface area contributed by atoms with Gasteiger partial charge in [0, 0.05) is 12.5 Å². The van der Waals surface area contributed by atoms with Crippen LogP contribution >= 0.6 is 0 Å². The highest BCUT2D eigenvalue weighted by Gasteiger charge is 2.28. The summed E-state index contributed by atoms with van der Waals surface area (Å²) in [7, 11) is 1.35. The van der Waals surface area contributed by atoms with Gasteiger partial charge in [-0.05, 0) is 17.7 Å². The molecule has 1 aliphatic rings. The second-order valence-corrected chi connectivity index (χ2v) is 5.70. The number of rotatable bonds is 2. The number of nitrogens with zero attached hydrogens (tertiary/aromatic N) is 1. The minimum Gasteiger partial charge on any atom is -0.491 e. The van der Waals surface area contributed by atoms with Crippen LogP contribution in [0.15, 0.2) is 48.5 Å². The molecule has 1 heterocycles. The molecule has 5 nitrogen and oxygen atoms in total. The lowest BCUT2D eigenvalue weighted by Gasteiger charge is -2.28. The van der Waals surface area contributed by atoms with Gasteiger partial charge in [0.15, 0.2) is 0 Å². The fourth-order valence-electron chi connectivity index (χ4n) is 2.90. The van der Waals surface area contributed by atoms with Gasteiger partial charge in [-0.15, -0.1) is 0 Å². The molecule has 1 unspecified atom stereocenters. The first-order chi connectivity index (χ1) is 11.6. The molecule has 0 aliphatic carbocycles. The molecule has 0 fully saturated rings. The number of amides is 1. The van der Waals surface area contributed by atoms with Crippen molar-refractivity contribution in [2.75, 3.05) is 13.7 Å². The van der Waals surface area contributed by atoms with Gasteiger partial charge in [-0.1, -0.05) is 36.4 Å². The summed E-state index contributed by atoms with van der Waals surface area (Å²) in [6, 6.07) is 14.8. The molecule has 2 aromatic rings. The predicted octanol–water partition coefficient (Wildman–Crippen LogP) is 2.96. The molecule has 2 aromatic carbocycles. The summed E-state index contributed by atoms with van der Waals surface area (Å²) < 4.78 is 10.7. The Bertz CT molecular complexity index is 757. The van der Waals surface area contributed by atoms with Crippen molar-refractivity contribution in [3.63, 3.8) is 0 Å². The first-order valence-electron chi connectivity index (χ1n) is 7.76. The van der Waals surface area contributed by atoms with Crippen molar-refractivity contribution in [3.8, 4) is 5.75 Å². The summed E-state index contributed by atoms with van der Waals surface area (Å²) in [6.45, 7) is 2.33. The van der Waals surface area contributed by atoms with E-state index in [4.69, 9.17) is 9.47 Å². The number of fused-ring (bicyclic) bond motifs is 1. The van der Waals surface area contributed by atoms with Crippen LogP contribution < -0.4 is 4.74 Å². The smallest absolute Gasteiger partial charge is 0.337 e. The van der Waals surface area contributed by atoms with Gasteiger partial charge < -0.3 is 14.4 Å². The Morgan fingerprint density at radius 3 is 2.58 bits per heavy atom. The normalized spacial score (nSPS) is 16.6. The number of methoxy groups -OCH3 is 1. The lowest BCUT2D eigenvalue weighted by Crippen LogP contribution is -2.34. The van der Waals surface area contributed by atoms with Crippen molar-refractivity contribution < 1.29 is 19.1 Å². The first-order valence-corrected chi connectivity index (χ1v) is 7.76. The molecule has 1 aliphatic heterocycles. The van der Waals surface area contributed by atoms with Gasteiger partial charge in [0.1, 0.15) is 12.4 Å². The van der Waals surface area contributed by atoms with Crippen LogP contribution in [-0.4, -0.2) is 30.5 Å². The third kappa shape index (κ3) is 3.11. The summed E-state index contributed by atoms with van der Waals surface area (Å²) in [4.78, 5) is 25.7. The average molecular weight is 325 g/mol. The van der Waals surface area contributed by atoms with Gasteiger partial charge in [-0.3, -0.25) is 4.79 Å². The lowest BCUT2D eigenvalue weighted by molar-refractivity contribution is -0.132. The first kappa shape index (κ1) is 16.1. The molecule has 5 heteroatoms. The van der Waals surface area contributed by atoms with Crippen molar-refractivity contribution >= 4 is 11.9 Å². The van der Waals surface area contributed by atoms with Crippen LogP contribution in [0.5, 0.6) is 5.75 Å². The minimum atomic E-state index is -0.409. The summed E-state index contributed by atoms with van der Waals surface area (Å²) in [5, 5.41) is 0. The van der Waals surface area contributed by atoms with Crippen molar-refractivity contribution in [2.24, 2.45) is 0 Å². The topological polar surface area (TPSA) is 55.8 Å². The van der Waals surface area contributed by atoms with Crippen LogP contribution in [0.1, 0.15) is 34.5 Å². The Balaban J connectivity index is 1.96. The SMILES string of the molecule is COC(=O)c1ccc2c(c1)OCC(c1ccccc1)N(C(C)=O)C2. The van der Waals surface area contributed by atoms with Gasteiger partial charge in [-0.25, -0.2) is 4.79 Å². The Morgan fingerprint density at radius 1 is 1.17 bits per heavy atom. The standard InChI is InChI=1S/C19H19NO4/c1-13(21)20-11-16-9-8-15(19(22)23-2)10-18(16)24-12-17(20)14-6-4-3-5-7-14/h3-10,17H,11-12H2,1-2H3. The molecule has 0 saturated carbocycles. The summed E-state index contributed by atoms with van der Waals surface area (Å²) in [5.41, 5.74) is 2.33. The molecule has 3 rings (SSSR count). The van der Waals surface area contributed by atoms with Gasteiger partial charge in [-0.2, -0.15) is 0 Å². The maximum atomic E-state index is 12.2. The van der Waals surface area contributed by atoms with E-state index in [1.54, 1.807) is 24.0 Å². The second-order valence-electron chi connectivity index (χ2n) is 5.70. The third-order valence-electron chi connectivity index (χ3n) is 4.19. The number of benzene rings is 2. The van der Waals surface area contributed by atoms with Gasteiger partial charge in [0.05, 0.1) is 25.3 Å². The molecule has 0 bridgehead atoms. The Morgan fingerprint density at radius 2 is 1.92 bits per heavy atom. The zero-order chi connectivity index (χ0) is 17.1. The fourth-order valence-corrected chi connectivity index (χ4v) is 2.90. The van der Waals surface area contributed by atoms with Crippen LogP contribution in [0.2, 0.25) is 0 Å². The molecule has 1 amide bonds. The van der Waals surface area contributed by atoms with E-state index in [2.05, 4.69) is 0 Å². The molecule has 0 saturated heterocycles. The summed E-state index contributed by atoms with van der Waals surface area (Å²) >= 11 is 0. The largest absolute Gasteiger partial charge is 0.491 e. The minimum absolute atomic E-state index is 0.0163. The van der Waals surface area contributed by atoms with Crippen LogP contribution in [0, 0.1) is 0 Å². The molecule has 124 valence electrons. The molecular weight excluding hydrogens is 306 g/mol. The number of carbonyl (C=O) groups is 2. The van der Waals surface area contributed by atoms with E-state index in [1.807, 2.05) is 36.4 Å². The van der Waals surface area contributed by atoms with Crippen molar-refractivity contribution in [1.82, 2.24) is 4.90 Å². The molecule has 24 heavy (non-hydrogen) atoms. The lowest BCUT2D eigenvalue weighted by atomic mass is 10.1. The number of esters is 1. The monoisotopic (exact) mass is 325 g/mol. The zero-order valence-corrected chi connectivity index (χ0v) is 13.7. The Labute approximate surface area is 140 Å². The van der Waals surface area contributed by atoms with E-state index in [0.717, 1.165) is 11.1 Å². The summed E-state index contributed by atoms with van der Waals surface area (Å²) in [5.74, 6) is 0.189. The molecule has 0 spiro atoms. The Hall–Kier alpha value is -2.82. The van der Waals surface area contributed by atoms with E-state index in [9.17, 15) is 9.59 Å². The van der Waals surface area contributed by atoms with E-state index in [0.29, 0.717) is 24.5 Å². The van der Waals surface area contributed by atoms with Crippen LogP contribution in [0.25, 0.3) is 0 Å². The molecule has 1 atom stereocenters. The second kappa shape index (κ2) is 6.74. The van der Waals surface area contributed by atoms with Crippen LogP contribution in [0.4, 0.5) is 0 Å².